The summed E-state index contributed by atoms with van der Waals surface area (Å²) in [7, 11) is 1.57. The molecule has 25 heavy (non-hydrogen) atoms. The standard InChI is InChI=1S/C17H21FN4O3/c1-11(2)19-14(23)10-22(3)16(24)9-8-15-20-17(21-25-15)12-4-6-13(18)7-5-12/h4-7,11H,8-10H2,1-3H3,(H,19,23). The van der Waals surface area contributed by atoms with Gasteiger partial charge >= 0.3 is 0 Å². The summed E-state index contributed by atoms with van der Waals surface area (Å²) in [5.74, 6) is -0.0925. The van der Waals surface area contributed by atoms with Gasteiger partial charge in [0.05, 0.1) is 6.54 Å². The highest BCUT2D eigenvalue weighted by Crippen LogP contribution is 2.16. The fourth-order valence-electron chi connectivity index (χ4n) is 2.15. The molecule has 2 rings (SSSR count). The third-order valence-corrected chi connectivity index (χ3v) is 3.38. The summed E-state index contributed by atoms with van der Waals surface area (Å²) in [6, 6.07) is 5.75. The molecule has 0 aliphatic carbocycles. The quantitative estimate of drug-likeness (QED) is 0.824. The summed E-state index contributed by atoms with van der Waals surface area (Å²) < 4.78 is 18.0. The second kappa shape index (κ2) is 8.36. The van der Waals surface area contributed by atoms with E-state index in [0.29, 0.717) is 17.3 Å². The summed E-state index contributed by atoms with van der Waals surface area (Å²) in [4.78, 5) is 29.3. The predicted molar refractivity (Wildman–Crippen MR) is 88.9 cm³/mol. The number of aryl methyl sites for hydroxylation is 1. The first-order chi connectivity index (χ1) is 11.8. The van der Waals surface area contributed by atoms with Crippen molar-refractivity contribution in [1.29, 1.82) is 0 Å². The van der Waals surface area contributed by atoms with E-state index < -0.39 is 0 Å². The number of benzene rings is 1. The van der Waals surface area contributed by atoms with Crippen molar-refractivity contribution in [3.8, 4) is 11.4 Å². The average Bonchev–Trinajstić information content (AvgIpc) is 3.01. The van der Waals surface area contributed by atoms with Gasteiger partial charge in [0.1, 0.15) is 5.82 Å². The molecular weight excluding hydrogens is 327 g/mol. The number of hydrogen-bond acceptors (Lipinski definition) is 5. The van der Waals surface area contributed by atoms with Crippen LogP contribution in [0.2, 0.25) is 0 Å². The first kappa shape index (κ1) is 18.6. The van der Waals surface area contributed by atoms with Crippen LogP contribution in [0.3, 0.4) is 0 Å². The molecule has 0 saturated carbocycles. The fraction of sp³-hybridized carbons (Fsp3) is 0.412. The largest absolute Gasteiger partial charge is 0.352 e. The first-order valence-corrected chi connectivity index (χ1v) is 7.97. The Hall–Kier alpha value is -2.77. The van der Waals surface area contributed by atoms with E-state index in [9.17, 15) is 14.0 Å². The lowest BCUT2D eigenvalue weighted by Gasteiger charge is -2.17. The average molecular weight is 348 g/mol. The van der Waals surface area contributed by atoms with E-state index in [2.05, 4.69) is 15.5 Å². The lowest BCUT2D eigenvalue weighted by atomic mass is 10.2. The number of likely N-dealkylation sites (N-methyl/N-ethyl adjacent to an activating group) is 1. The van der Waals surface area contributed by atoms with Crippen LogP contribution in [0.5, 0.6) is 0 Å². The van der Waals surface area contributed by atoms with Gasteiger partial charge in [0, 0.05) is 31.5 Å². The maximum Gasteiger partial charge on any atom is 0.239 e. The molecule has 0 atom stereocenters. The third kappa shape index (κ3) is 5.66. The number of hydrogen-bond donors (Lipinski definition) is 1. The number of rotatable bonds is 7. The summed E-state index contributed by atoms with van der Waals surface area (Å²) in [5.41, 5.74) is 0.630. The normalized spacial score (nSPS) is 10.8. The van der Waals surface area contributed by atoms with Crippen LogP contribution in [-0.2, 0) is 16.0 Å². The Kier molecular flexibility index (Phi) is 6.21. The van der Waals surface area contributed by atoms with Crippen molar-refractivity contribution in [2.75, 3.05) is 13.6 Å². The Bertz CT molecular complexity index is 728. The van der Waals surface area contributed by atoms with Crippen LogP contribution in [0.15, 0.2) is 28.8 Å². The molecule has 134 valence electrons. The van der Waals surface area contributed by atoms with Crippen LogP contribution in [0.4, 0.5) is 4.39 Å². The Labute approximate surface area is 145 Å². The minimum Gasteiger partial charge on any atom is -0.352 e. The molecule has 0 bridgehead atoms. The lowest BCUT2D eigenvalue weighted by molar-refractivity contribution is -0.134. The van der Waals surface area contributed by atoms with Crippen LogP contribution in [-0.4, -0.2) is 46.5 Å². The van der Waals surface area contributed by atoms with Gasteiger partial charge in [0.2, 0.25) is 23.5 Å². The van der Waals surface area contributed by atoms with E-state index in [-0.39, 0.29) is 43.1 Å². The summed E-state index contributed by atoms with van der Waals surface area (Å²) >= 11 is 0. The van der Waals surface area contributed by atoms with Crippen LogP contribution in [0, 0.1) is 5.82 Å². The van der Waals surface area contributed by atoms with E-state index >= 15 is 0 Å². The Morgan fingerprint density at radius 1 is 1.28 bits per heavy atom. The molecule has 1 N–H and O–H groups in total. The molecule has 1 aromatic heterocycles. The molecule has 0 radical (unpaired) electrons. The van der Waals surface area contributed by atoms with Crippen molar-refractivity contribution >= 4 is 11.8 Å². The van der Waals surface area contributed by atoms with E-state index in [1.54, 1.807) is 19.2 Å². The van der Waals surface area contributed by atoms with Gasteiger partial charge in [-0.2, -0.15) is 4.98 Å². The summed E-state index contributed by atoms with van der Waals surface area (Å²) in [6.07, 6.45) is 0.416. The van der Waals surface area contributed by atoms with Gasteiger partial charge in [-0.3, -0.25) is 9.59 Å². The van der Waals surface area contributed by atoms with Crippen molar-refractivity contribution in [2.24, 2.45) is 0 Å². The molecule has 7 nitrogen and oxygen atoms in total. The van der Waals surface area contributed by atoms with Crippen molar-refractivity contribution in [3.63, 3.8) is 0 Å². The van der Waals surface area contributed by atoms with E-state index in [1.165, 1.54) is 17.0 Å². The zero-order chi connectivity index (χ0) is 18.4. The van der Waals surface area contributed by atoms with Crippen molar-refractivity contribution in [3.05, 3.63) is 36.0 Å². The van der Waals surface area contributed by atoms with Crippen molar-refractivity contribution in [1.82, 2.24) is 20.4 Å². The molecule has 0 fully saturated rings. The van der Waals surface area contributed by atoms with Crippen LogP contribution in [0.25, 0.3) is 11.4 Å². The van der Waals surface area contributed by atoms with Crippen LogP contribution < -0.4 is 5.32 Å². The second-order valence-electron chi connectivity index (χ2n) is 5.99. The van der Waals surface area contributed by atoms with Crippen LogP contribution >= 0.6 is 0 Å². The summed E-state index contributed by atoms with van der Waals surface area (Å²) in [6.45, 7) is 3.71. The zero-order valence-corrected chi connectivity index (χ0v) is 14.5. The number of nitrogens with zero attached hydrogens (tertiary/aromatic N) is 3. The minimum absolute atomic E-state index is 0.00166. The molecule has 0 saturated heterocycles. The molecule has 0 aliphatic rings. The molecular formula is C17H21FN4O3. The van der Waals surface area contributed by atoms with Gasteiger partial charge in [-0.05, 0) is 38.1 Å². The highest BCUT2D eigenvalue weighted by atomic mass is 19.1. The number of halogens is 1. The number of carbonyl (C=O) groups excluding carboxylic acids is 2. The number of amides is 2. The Morgan fingerprint density at radius 2 is 1.96 bits per heavy atom. The molecule has 0 aliphatic heterocycles. The fourth-order valence-corrected chi connectivity index (χ4v) is 2.15. The molecule has 0 unspecified atom stereocenters. The van der Waals surface area contributed by atoms with Gasteiger partial charge in [-0.1, -0.05) is 5.16 Å². The second-order valence-corrected chi connectivity index (χ2v) is 5.99. The van der Waals surface area contributed by atoms with E-state index in [1.807, 2.05) is 13.8 Å². The van der Waals surface area contributed by atoms with Gasteiger partial charge in [-0.15, -0.1) is 0 Å². The summed E-state index contributed by atoms with van der Waals surface area (Å²) in [5, 5.41) is 6.55. The highest BCUT2D eigenvalue weighted by Gasteiger charge is 2.15. The van der Waals surface area contributed by atoms with Gasteiger partial charge < -0.3 is 14.7 Å². The SMILES string of the molecule is CC(C)NC(=O)CN(C)C(=O)CCc1nc(-c2ccc(F)cc2)no1. The van der Waals surface area contributed by atoms with Gasteiger partial charge in [-0.25, -0.2) is 4.39 Å². The molecule has 2 amide bonds. The van der Waals surface area contributed by atoms with Crippen molar-refractivity contribution < 1.29 is 18.5 Å². The topological polar surface area (TPSA) is 88.3 Å². The maximum atomic E-state index is 12.9. The lowest BCUT2D eigenvalue weighted by Crippen LogP contribution is -2.40. The Balaban J connectivity index is 1.85. The van der Waals surface area contributed by atoms with E-state index in [4.69, 9.17) is 4.52 Å². The number of nitrogens with one attached hydrogen (secondary N) is 1. The third-order valence-electron chi connectivity index (χ3n) is 3.38. The van der Waals surface area contributed by atoms with Gasteiger partial charge in [0.15, 0.2) is 0 Å². The monoisotopic (exact) mass is 348 g/mol. The maximum absolute atomic E-state index is 12.9. The predicted octanol–water partition coefficient (Wildman–Crippen LogP) is 1.79. The molecule has 1 heterocycles. The highest BCUT2D eigenvalue weighted by molar-refractivity contribution is 5.84. The molecule has 0 spiro atoms. The molecule has 2 aromatic rings. The minimum atomic E-state index is -0.345. The van der Waals surface area contributed by atoms with Crippen molar-refractivity contribution in [2.45, 2.75) is 32.7 Å². The molecule has 8 heteroatoms. The smallest absolute Gasteiger partial charge is 0.239 e. The van der Waals surface area contributed by atoms with Crippen LogP contribution in [0.1, 0.15) is 26.2 Å². The molecule has 1 aromatic carbocycles. The number of carbonyl (C=O) groups is 2. The first-order valence-electron chi connectivity index (χ1n) is 7.97. The zero-order valence-electron chi connectivity index (χ0n) is 14.5. The van der Waals surface area contributed by atoms with Gasteiger partial charge in [0.25, 0.3) is 0 Å². The van der Waals surface area contributed by atoms with E-state index in [0.717, 1.165) is 0 Å². The Morgan fingerprint density at radius 3 is 2.60 bits per heavy atom. The number of aromatic nitrogens is 2.